The van der Waals surface area contributed by atoms with Crippen LogP contribution in [-0.4, -0.2) is 56.4 Å². The van der Waals surface area contributed by atoms with Crippen molar-refractivity contribution in [3.63, 3.8) is 0 Å². The van der Waals surface area contributed by atoms with Gasteiger partial charge < -0.3 is 20.1 Å². The van der Waals surface area contributed by atoms with E-state index in [4.69, 9.17) is 15.2 Å². The van der Waals surface area contributed by atoms with Gasteiger partial charge in [0.1, 0.15) is 5.54 Å². The number of unbranched alkanes of at least 4 members (excludes halogenated alkanes) is 1. The highest BCUT2D eigenvalue weighted by Gasteiger charge is 2.28. The fourth-order valence-corrected chi connectivity index (χ4v) is 2.60. The number of nitrogens with zero attached hydrogens (tertiary/aromatic N) is 1. The molecule has 0 spiro atoms. The molecule has 0 saturated carbocycles. The van der Waals surface area contributed by atoms with E-state index in [0.29, 0.717) is 12.5 Å². The van der Waals surface area contributed by atoms with Gasteiger partial charge in [-0.1, -0.05) is 0 Å². The summed E-state index contributed by atoms with van der Waals surface area (Å²) in [5.74, 6) is -0.332. The van der Waals surface area contributed by atoms with Crippen molar-refractivity contribution in [2.75, 3.05) is 33.9 Å². The van der Waals surface area contributed by atoms with Gasteiger partial charge in [-0.05, 0) is 59.0 Å². The van der Waals surface area contributed by atoms with Gasteiger partial charge in [0.05, 0.1) is 13.2 Å². The maximum absolute atomic E-state index is 11.5. The summed E-state index contributed by atoms with van der Waals surface area (Å²) < 4.78 is 10.4. The molecule has 5 heteroatoms. The maximum Gasteiger partial charge on any atom is 0.325 e. The van der Waals surface area contributed by atoms with Crippen molar-refractivity contribution in [2.45, 2.75) is 57.1 Å². The first-order valence-electron chi connectivity index (χ1n) is 7.63. The van der Waals surface area contributed by atoms with E-state index in [1.807, 2.05) is 0 Å². The summed E-state index contributed by atoms with van der Waals surface area (Å²) in [5, 5.41) is 0. The van der Waals surface area contributed by atoms with Crippen LogP contribution in [0.1, 0.15) is 45.4 Å². The average Bonchev–Trinajstić information content (AvgIpc) is 2.43. The molecule has 1 aliphatic rings. The molecule has 1 heterocycles. The zero-order valence-electron chi connectivity index (χ0n) is 13.2. The maximum atomic E-state index is 11.5. The second kappa shape index (κ2) is 8.60. The number of likely N-dealkylation sites (N-methyl/N-ethyl adjacent to an activating group) is 1. The van der Waals surface area contributed by atoms with Gasteiger partial charge in [0, 0.05) is 13.2 Å². The molecule has 0 aliphatic carbocycles. The lowest BCUT2D eigenvalue weighted by Crippen LogP contribution is -2.45. The Labute approximate surface area is 122 Å². The van der Waals surface area contributed by atoms with Crippen molar-refractivity contribution >= 4 is 5.97 Å². The summed E-state index contributed by atoms with van der Waals surface area (Å²) in [6.07, 6.45) is 6.67. The number of rotatable bonds is 8. The predicted molar refractivity (Wildman–Crippen MR) is 79.5 cm³/mol. The molecule has 0 aromatic carbocycles. The van der Waals surface area contributed by atoms with Gasteiger partial charge in [0.15, 0.2) is 0 Å². The Morgan fingerprint density at radius 2 is 2.20 bits per heavy atom. The van der Waals surface area contributed by atoms with Crippen LogP contribution in [0.5, 0.6) is 0 Å². The third kappa shape index (κ3) is 6.20. The third-order valence-electron chi connectivity index (χ3n) is 3.93. The quantitative estimate of drug-likeness (QED) is 0.542. The van der Waals surface area contributed by atoms with Crippen molar-refractivity contribution in [3.8, 4) is 0 Å². The lowest BCUT2D eigenvalue weighted by atomic mass is 9.96. The Balaban J connectivity index is 2.12. The molecule has 5 nitrogen and oxygen atoms in total. The van der Waals surface area contributed by atoms with E-state index in [-0.39, 0.29) is 5.97 Å². The normalized spacial score (nSPS) is 22.6. The van der Waals surface area contributed by atoms with Crippen LogP contribution in [0.25, 0.3) is 0 Å². The predicted octanol–water partition coefficient (Wildman–Crippen LogP) is 1.55. The summed E-state index contributed by atoms with van der Waals surface area (Å²) in [5.41, 5.74) is 5.07. The fraction of sp³-hybridized carbons (Fsp3) is 0.933. The molecule has 0 bridgehead atoms. The smallest absolute Gasteiger partial charge is 0.325 e. The molecule has 2 unspecified atom stereocenters. The Hall–Kier alpha value is -0.650. The van der Waals surface area contributed by atoms with Crippen LogP contribution in [0.15, 0.2) is 0 Å². The van der Waals surface area contributed by atoms with E-state index in [2.05, 4.69) is 11.9 Å². The SMILES string of the molecule is COC(=O)C(C)(N)CCCCN(C)CC1CCCCO1. The number of carbonyl (C=O) groups is 1. The zero-order valence-corrected chi connectivity index (χ0v) is 13.2. The highest BCUT2D eigenvalue weighted by Crippen LogP contribution is 2.15. The van der Waals surface area contributed by atoms with Gasteiger partial charge in [-0.15, -0.1) is 0 Å². The van der Waals surface area contributed by atoms with E-state index in [1.54, 1.807) is 6.92 Å². The molecular weight excluding hydrogens is 256 g/mol. The monoisotopic (exact) mass is 286 g/mol. The summed E-state index contributed by atoms with van der Waals surface area (Å²) >= 11 is 0. The summed E-state index contributed by atoms with van der Waals surface area (Å²) in [7, 11) is 3.51. The first-order valence-corrected chi connectivity index (χ1v) is 7.63. The summed E-state index contributed by atoms with van der Waals surface area (Å²) in [6.45, 7) is 4.65. The molecule has 0 radical (unpaired) electrons. The number of hydrogen-bond donors (Lipinski definition) is 1. The first kappa shape index (κ1) is 17.4. The van der Waals surface area contributed by atoms with E-state index < -0.39 is 5.54 Å². The van der Waals surface area contributed by atoms with Gasteiger partial charge in [0.2, 0.25) is 0 Å². The van der Waals surface area contributed by atoms with Crippen LogP contribution in [0.2, 0.25) is 0 Å². The molecule has 1 saturated heterocycles. The number of carbonyl (C=O) groups excluding carboxylic acids is 1. The molecule has 20 heavy (non-hydrogen) atoms. The van der Waals surface area contributed by atoms with Crippen LogP contribution >= 0.6 is 0 Å². The van der Waals surface area contributed by atoms with Crippen molar-refractivity contribution in [1.82, 2.24) is 4.90 Å². The molecule has 2 N–H and O–H groups in total. The second-order valence-electron chi connectivity index (χ2n) is 6.12. The minimum Gasteiger partial charge on any atom is -0.468 e. The van der Waals surface area contributed by atoms with Crippen molar-refractivity contribution < 1.29 is 14.3 Å². The van der Waals surface area contributed by atoms with Crippen LogP contribution in [-0.2, 0) is 14.3 Å². The zero-order chi connectivity index (χ0) is 15.0. The minimum atomic E-state index is -0.861. The van der Waals surface area contributed by atoms with E-state index in [0.717, 1.165) is 32.5 Å². The Bertz CT molecular complexity index is 289. The minimum absolute atomic E-state index is 0.332. The first-order chi connectivity index (χ1) is 9.45. The number of esters is 1. The van der Waals surface area contributed by atoms with Crippen LogP contribution in [0, 0.1) is 0 Å². The number of ether oxygens (including phenoxy) is 2. The Kier molecular flexibility index (Phi) is 7.48. The van der Waals surface area contributed by atoms with Crippen molar-refractivity contribution in [1.29, 1.82) is 0 Å². The van der Waals surface area contributed by atoms with Crippen molar-refractivity contribution in [3.05, 3.63) is 0 Å². The highest BCUT2D eigenvalue weighted by atomic mass is 16.5. The molecular formula is C15H30N2O3. The Morgan fingerprint density at radius 3 is 2.80 bits per heavy atom. The number of methoxy groups -OCH3 is 1. The van der Waals surface area contributed by atoms with Gasteiger partial charge in [-0.3, -0.25) is 4.79 Å². The van der Waals surface area contributed by atoms with Crippen LogP contribution in [0.3, 0.4) is 0 Å². The lowest BCUT2D eigenvalue weighted by Gasteiger charge is -2.27. The molecule has 0 aromatic rings. The molecule has 1 rings (SSSR count). The standard InChI is InChI=1S/C15H30N2O3/c1-15(16,14(18)19-3)9-5-6-10-17(2)12-13-8-4-7-11-20-13/h13H,4-12,16H2,1-3H3. The lowest BCUT2D eigenvalue weighted by molar-refractivity contribution is -0.146. The molecule has 2 atom stereocenters. The van der Waals surface area contributed by atoms with Crippen molar-refractivity contribution in [2.24, 2.45) is 5.73 Å². The van der Waals surface area contributed by atoms with Gasteiger partial charge in [0.25, 0.3) is 0 Å². The van der Waals surface area contributed by atoms with E-state index >= 15 is 0 Å². The molecule has 1 fully saturated rings. The largest absolute Gasteiger partial charge is 0.468 e. The molecule has 0 aromatic heterocycles. The van der Waals surface area contributed by atoms with Crippen LogP contribution in [0.4, 0.5) is 0 Å². The number of hydrogen-bond acceptors (Lipinski definition) is 5. The van der Waals surface area contributed by atoms with Gasteiger partial charge in [-0.25, -0.2) is 0 Å². The third-order valence-corrected chi connectivity index (χ3v) is 3.93. The van der Waals surface area contributed by atoms with E-state index in [1.165, 1.54) is 26.4 Å². The van der Waals surface area contributed by atoms with Gasteiger partial charge >= 0.3 is 5.97 Å². The topological polar surface area (TPSA) is 64.8 Å². The summed E-state index contributed by atoms with van der Waals surface area (Å²) in [4.78, 5) is 13.8. The van der Waals surface area contributed by atoms with E-state index in [9.17, 15) is 4.79 Å². The molecule has 0 amide bonds. The average molecular weight is 286 g/mol. The summed E-state index contributed by atoms with van der Waals surface area (Å²) in [6, 6.07) is 0. The van der Waals surface area contributed by atoms with Gasteiger partial charge in [-0.2, -0.15) is 0 Å². The molecule has 1 aliphatic heterocycles. The second-order valence-corrected chi connectivity index (χ2v) is 6.12. The van der Waals surface area contributed by atoms with Crippen LogP contribution < -0.4 is 5.73 Å². The number of nitrogens with two attached hydrogens (primary N) is 1. The fourth-order valence-electron chi connectivity index (χ4n) is 2.60. The highest BCUT2D eigenvalue weighted by molar-refractivity contribution is 5.79. The molecule has 118 valence electrons. The Morgan fingerprint density at radius 1 is 1.45 bits per heavy atom.